The highest BCUT2D eigenvalue weighted by Crippen LogP contribution is 2.42. The van der Waals surface area contributed by atoms with E-state index >= 15 is 0 Å². The molecule has 0 bridgehead atoms. The predicted molar refractivity (Wildman–Crippen MR) is 76.5 cm³/mol. The predicted octanol–water partition coefficient (Wildman–Crippen LogP) is 3.63. The Hall–Kier alpha value is -0.763. The van der Waals surface area contributed by atoms with Crippen molar-refractivity contribution in [3.63, 3.8) is 0 Å². The quantitative estimate of drug-likeness (QED) is 0.718. The highest BCUT2D eigenvalue weighted by molar-refractivity contribution is 6.62. The first kappa shape index (κ1) is 13.3. The van der Waals surface area contributed by atoms with Crippen molar-refractivity contribution in [1.82, 2.24) is 5.32 Å². The van der Waals surface area contributed by atoms with Gasteiger partial charge in [-0.15, -0.1) is 0 Å². The first-order valence-corrected chi connectivity index (χ1v) is 8.54. The van der Waals surface area contributed by atoms with Gasteiger partial charge in [-0.3, -0.25) is 0 Å². The summed E-state index contributed by atoms with van der Waals surface area (Å²) in [6, 6.07) is 2.78. The van der Waals surface area contributed by atoms with E-state index in [1.165, 1.54) is 29.8 Å². The van der Waals surface area contributed by atoms with Gasteiger partial charge in [-0.05, 0) is 23.1 Å². The van der Waals surface area contributed by atoms with Gasteiger partial charge in [0.15, 0.2) is 0 Å². The molecule has 0 aromatic carbocycles. The minimum atomic E-state index is -0.658. The van der Waals surface area contributed by atoms with Gasteiger partial charge in [0, 0.05) is 21.0 Å². The summed E-state index contributed by atoms with van der Waals surface area (Å²) in [5.41, 5.74) is 2.54. The van der Waals surface area contributed by atoms with Crippen molar-refractivity contribution in [2.75, 3.05) is 6.54 Å². The van der Waals surface area contributed by atoms with Crippen molar-refractivity contribution in [3.8, 4) is 0 Å². The second-order valence-corrected chi connectivity index (χ2v) is 9.47. The highest BCUT2D eigenvalue weighted by atomic mass is 28.3. The molecule has 16 heavy (non-hydrogen) atoms. The average molecular weight is 235 g/mol. The molecule has 1 atom stereocenters. The third-order valence-corrected chi connectivity index (χ3v) is 8.40. The van der Waals surface area contributed by atoms with Crippen molar-refractivity contribution in [2.45, 2.75) is 44.3 Å². The Morgan fingerprint density at radius 1 is 1.31 bits per heavy atom. The van der Waals surface area contributed by atoms with E-state index in [9.17, 15) is 0 Å². The number of hydrogen-bond donors (Lipinski definition) is 1. The zero-order valence-corrected chi connectivity index (χ0v) is 12.1. The molecule has 0 aromatic heterocycles. The normalized spacial score (nSPS) is 25.5. The Morgan fingerprint density at radius 2 is 1.94 bits per heavy atom. The third kappa shape index (κ3) is 2.49. The second-order valence-electron chi connectivity index (χ2n) is 5.04. The van der Waals surface area contributed by atoms with Gasteiger partial charge in [0.1, 0.15) is 0 Å². The lowest BCUT2D eigenvalue weighted by atomic mass is 9.94. The van der Waals surface area contributed by atoms with Crippen LogP contribution in [0.4, 0.5) is 0 Å². The maximum Gasteiger partial charge on any atom is 0.0450 e. The summed E-state index contributed by atoms with van der Waals surface area (Å²) in [5.74, 6) is 0. The van der Waals surface area contributed by atoms with Crippen LogP contribution in [-0.4, -0.2) is 15.3 Å². The standard InChI is InChI=1S/C14H25NSi/c1-6-12-10-14(5,16(8-3)9-4)11-15-13(12)7-2/h6-7,15-16H,1-2,8-11H2,3-5H3. The molecule has 0 spiro atoms. The lowest BCUT2D eigenvalue weighted by Crippen LogP contribution is -2.41. The summed E-state index contributed by atoms with van der Waals surface area (Å²) < 4.78 is 0. The molecule has 1 heterocycles. The van der Waals surface area contributed by atoms with Crippen LogP contribution < -0.4 is 5.32 Å². The van der Waals surface area contributed by atoms with E-state index in [-0.39, 0.29) is 0 Å². The highest BCUT2D eigenvalue weighted by Gasteiger charge is 2.36. The lowest BCUT2D eigenvalue weighted by molar-refractivity contribution is 0.521. The molecule has 1 N–H and O–H groups in total. The summed E-state index contributed by atoms with van der Waals surface area (Å²) in [5, 5.41) is 4.03. The Labute approximate surface area is 102 Å². The number of rotatable bonds is 5. The molecule has 0 amide bonds. The van der Waals surface area contributed by atoms with E-state index in [1.807, 2.05) is 12.2 Å². The van der Waals surface area contributed by atoms with Crippen molar-refractivity contribution in [2.24, 2.45) is 0 Å². The SMILES string of the molecule is C=CC1=C(C=C)NCC(C)([SiH](CC)CC)C1. The Bertz CT molecular complexity index is 302. The molecule has 1 aliphatic rings. The molecule has 0 radical (unpaired) electrons. The van der Waals surface area contributed by atoms with E-state index in [2.05, 4.69) is 39.2 Å². The molecule has 2 heteroatoms. The summed E-state index contributed by atoms with van der Waals surface area (Å²) in [7, 11) is -0.658. The number of allylic oxidation sites excluding steroid dienone is 3. The van der Waals surface area contributed by atoms with Crippen LogP contribution in [0.15, 0.2) is 36.6 Å². The monoisotopic (exact) mass is 235 g/mol. The van der Waals surface area contributed by atoms with E-state index in [0.29, 0.717) is 5.04 Å². The van der Waals surface area contributed by atoms with E-state index in [1.54, 1.807) is 0 Å². The van der Waals surface area contributed by atoms with Crippen molar-refractivity contribution in [1.29, 1.82) is 0 Å². The first-order valence-electron chi connectivity index (χ1n) is 6.33. The fraction of sp³-hybridized carbons (Fsp3) is 0.571. The van der Waals surface area contributed by atoms with Crippen molar-refractivity contribution >= 4 is 8.80 Å². The Balaban J connectivity index is 2.93. The van der Waals surface area contributed by atoms with E-state index in [0.717, 1.165) is 6.54 Å². The van der Waals surface area contributed by atoms with Gasteiger partial charge < -0.3 is 5.32 Å². The number of hydrogen-bond acceptors (Lipinski definition) is 1. The largest absolute Gasteiger partial charge is 0.385 e. The average Bonchev–Trinajstić information content (AvgIpc) is 2.30. The maximum absolute atomic E-state index is 3.93. The summed E-state index contributed by atoms with van der Waals surface area (Å²) in [6.07, 6.45) is 5.10. The van der Waals surface area contributed by atoms with Crippen LogP contribution in [0.3, 0.4) is 0 Å². The van der Waals surface area contributed by atoms with E-state index in [4.69, 9.17) is 0 Å². The third-order valence-electron chi connectivity index (χ3n) is 4.04. The van der Waals surface area contributed by atoms with Gasteiger partial charge in [-0.1, -0.05) is 52.1 Å². The topological polar surface area (TPSA) is 12.0 Å². The Morgan fingerprint density at radius 3 is 2.38 bits per heavy atom. The van der Waals surface area contributed by atoms with Crippen LogP contribution in [0.2, 0.25) is 17.1 Å². The molecule has 1 unspecified atom stereocenters. The maximum atomic E-state index is 3.93. The van der Waals surface area contributed by atoms with Crippen LogP contribution in [0, 0.1) is 0 Å². The number of nitrogens with one attached hydrogen (secondary N) is 1. The summed E-state index contributed by atoms with van der Waals surface area (Å²) in [6.45, 7) is 16.1. The smallest absolute Gasteiger partial charge is 0.0450 e. The molecule has 0 saturated carbocycles. The van der Waals surface area contributed by atoms with Gasteiger partial charge >= 0.3 is 0 Å². The van der Waals surface area contributed by atoms with Gasteiger partial charge in [0.25, 0.3) is 0 Å². The van der Waals surface area contributed by atoms with Gasteiger partial charge in [-0.2, -0.15) is 0 Å². The van der Waals surface area contributed by atoms with Crippen molar-refractivity contribution in [3.05, 3.63) is 36.6 Å². The van der Waals surface area contributed by atoms with Gasteiger partial charge in [0.05, 0.1) is 0 Å². The molecule has 1 nitrogen and oxygen atoms in total. The summed E-state index contributed by atoms with van der Waals surface area (Å²) in [4.78, 5) is 0. The Kier molecular flexibility index (Phi) is 4.60. The van der Waals surface area contributed by atoms with Gasteiger partial charge in [0.2, 0.25) is 0 Å². The van der Waals surface area contributed by atoms with Crippen LogP contribution in [-0.2, 0) is 0 Å². The molecular formula is C14H25NSi. The molecule has 1 rings (SSSR count). The minimum absolute atomic E-state index is 0.500. The molecule has 0 aromatic rings. The van der Waals surface area contributed by atoms with Crippen LogP contribution in [0.1, 0.15) is 27.2 Å². The zero-order chi connectivity index (χ0) is 12.2. The molecule has 90 valence electrons. The fourth-order valence-corrected chi connectivity index (χ4v) is 6.40. The lowest BCUT2D eigenvalue weighted by Gasteiger charge is -2.41. The molecule has 0 saturated heterocycles. The fourth-order valence-electron chi connectivity index (χ4n) is 2.95. The minimum Gasteiger partial charge on any atom is -0.385 e. The molecule has 1 aliphatic heterocycles. The van der Waals surface area contributed by atoms with Gasteiger partial charge in [-0.25, -0.2) is 0 Å². The zero-order valence-electron chi connectivity index (χ0n) is 11.0. The summed E-state index contributed by atoms with van der Waals surface area (Å²) >= 11 is 0. The molecule has 0 fully saturated rings. The first-order chi connectivity index (χ1) is 7.61. The van der Waals surface area contributed by atoms with Crippen LogP contribution >= 0.6 is 0 Å². The van der Waals surface area contributed by atoms with Crippen LogP contribution in [0.5, 0.6) is 0 Å². The van der Waals surface area contributed by atoms with Crippen LogP contribution in [0.25, 0.3) is 0 Å². The van der Waals surface area contributed by atoms with Crippen molar-refractivity contribution < 1.29 is 0 Å². The second kappa shape index (κ2) is 5.53. The molecular weight excluding hydrogens is 210 g/mol. The molecule has 0 aliphatic carbocycles. The van der Waals surface area contributed by atoms with E-state index < -0.39 is 8.80 Å².